The highest BCUT2D eigenvalue weighted by molar-refractivity contribution is 6.99. The number of esters is 1. The van der Waals surface area contributed by atoms with Gasteiger partial charge in [-0.3, -0.25) is 4.79 Å². The molecule has 6 heteroatoms. The van der Waals surface area contributed by atoms with Crippen LogP contribution >= 0.6 is 0 Å². The number of cyclic esters (lactones) is 1. The first-order valence-electron chi connectivity index (χ1n) is 16.0. The van der Waals surface area contributed by atoms with Crippen LogP contribution in [0.4, 0.5) is 0 Å². The largest absolute Gasteiger partial charge is 0.465 e. The summed E-state index contributed by atoms with van der Waals surface area (Å²) in [7, 11) is -2.72. The van der Waals surface area contributed by atoms with E-state index < -0.39 is 8.32 Å². The first kappa shape index (κ1) is 30.5. The topological polar surface area (TPSA) is 54.0 Å². The van der Waals surface area contributed by atoms with E-state index in [0.29, 0.717) is 19.6 Å². The molecule has 224 valence electrons. The second-order valence-corrected chi connectivity index (χ2v) is 17.9. The smallest absolute Gasteiger partial charge is 0.306 e. The van der Waals surface area contributed by atoms with E-state index in [1.165, 1.54) is 23.2 Å². The Morgan fingerprint density at radius 1 is 0.976 bits per heavy atom. The van der Waals surface area contributed by atoms with E-state index >= 15 is 0 Å². The predicted molar refractivity (Wildman–Crippen MR) is 166 cm³/mol. The summed E-state index contributed by atoms with van der Waals surface area (Å²) in [5, 5.41) is 2.47. The molecular formula is C35H50O5Si. The van der Waals surface area contributed by atoms with Gasteiger partial charge in [0.2, 0.25) is 0 Å². The lowest BCUT2D eigenvalue weighted by atomic mass is 9.69. The number of unbranched alkanes of at least 4 members (excludes halogenated alkanes) is 2. The van der Waals surface area contributed by atoms with Crippen molar-refractivity contribution >= 4 is 24.7 Å². The van der Waals surface area contributed by atoms with Gasteiger partial charge in [0, 0.05) is 25.0 Å². The third-order valence-corrected chi connectivity index (χ3v) is 15.0. The molecule has 5 nitrogen and oxygen atoms in total. The Balaban J connectivity index is 1.51. The molecule has 5 atom stereocenters. The molecule has 1 unspecified atom stereocenters. The second kappa shape index (κ2) is 13.1. The van der Waals surface area contributed by atoms with Crippen LogP contribution in [0.5, 0.6) is 0 Å². The monoisotopic (exact) mass is 578 g/mol. The summed E-state index contributed by atoms with van der Waals surface area (Å²) in [5.74, 6) is 0.305. The zero-order valence-electron chi connectivity index (χ0n) is 25.6. The SMILES string of the molecule is CCCCC[C@]12CC(=O)OC[C@@H]1[C@@H](CO[Si](c1ccccc1)(c1ccccc1)C(C)(C)C)[C@H](OC1CCCCO1)C2. The molecule has 2 aliphatic heterocycles. The Morgan fingerprint density at radius 2 is 1.66 bits per heavy atom. The molecule has 0 bridgehead atoms. The van der Waals surface area contributed by atoms with Crippen molar-refractivity contribution < 1.29 is 23.4 Å². The van der Waals surface area contributed by atoms with E-state index in [2.05, 4.69) is 88.4 Å². The molecule has 0 radical (unpaired) electrons. The van der Waals surface area contributed by atoms with Gasteiger partial charge in [-0.1, -0.05) is 108 Å². The molecule has 2 saturated heterocycles. The fourth-order valence-electron chi connectivity index (χ4n) is 7.91. The quantitative estimate of drug-likeness (QED) is 0.170. The van der Waals surface area contributed by atoms with Gasteiger partial charge in [0.15, 0.2) is 6.29 Å². The van der Waals surface area contributed by atoms with Gasteiger partial charge in [-0.2, -0.15) is 0 Å². The lowest BCUT2D eigenvalue weighted by Gasteiger charge is -2.45. The Hall–Kier alpha value is -1.99. The number of rotatable bonds is 11. The van der Waals surface area contributed by atoms with Gasteiger partial charge in [0.1, 0.15) is 0 Å². The number of hydrogen-bond acceptors (Lipinski definition) is 5. The zero-order chi connectivity index (χ0) is 28.9. The second-order valence-electron chi connectivity index (χ2n) is 13.6. The number of benzene rings is 2. The highest BCUT2D eigenvalue weighted by atomic mass is 28.4. The highest BCUT2D eigenvalue weighted by Crippen LogP contribution is 2.56. The number of ether oxygens (including phenoxy) is 3. The summed E-state index contributed by atoms with van der Waals surface area (Å²) in [5.41, 5.74) is -0.0939. The maximum absolute atomic E-state index is 12.8. The van der Waals surface area contributed by atoms with Gasteiger partial charge in [0.05, 0.1) is 19.1 Å². The standard InChI is InChI=1S/C35H50O5Si/c1-5-6-14-21-35-23-31(40-33-20-13-15-22-37-33)29(30(35)26-38-32(36)24-35)25-39-41(34(2,3)4,27-16-9-7-10-17-27)28-18-11-8-12-19-28/h7-12,16-19,29-31,33H,5-6,13-15,20-26H2,1-4H3/t29-,30-,31-,33?,35+/m1/s1. The molecule has 41 heavy (non-hydrogen) atoms. The maximum Gasteiger partial charge on any atom is 0.306 e. The minimum absolute atomic E-state index is 0.0163. The van der Waals surface area contributed by atoms with E-state index in [-0.39, 0.29) is 40.7 Å². The molecule has 0 amide bonds. The van der Waals surface area contributed by atoms with Crippen LogP contribution in [0, 0.1) is 17.3 Å². The number of carbonyl (C=O) groups is 1. The zero-order valence-corrected chi connectivity index (χ0v) is 26.6. The molecule has 1 aliphatic carbocycles. The average molecular weight is 579 g/mol. The molecule has 5 rings (SSSR count). The summed E-state index contributed by atoms with van der Waals surface area (Å²) in [6.07, 6.45) is 8.87. The number of fused-ring (bicyclic) bond motifs is 1. The van der Waals surface area contributed by atoms with Crippen molar-refractivity contribution in [2.75, 3.05) is 19.8 Å². The molecule has 0 spiro atoms. The van der Waals surface area contributed by atoms with Gasteiger partial charge < -0.3 is 18.6 Å². The first-order valence-corrected chi connectivity index (χ1v) is 17.9. The van der Waals surface area contributed by atoms with E-state index in [1.807, 2.05) is 0 Å². The molecule has 2 aromatic rings. The first-order chi connectivity index (χ1) is 19.8. The van der Waals surface area contributed by atoms with Crippen LogP contribution in [0.15, 0.2) is 60.7 Å². The van der Waals surface area contributed by atoms with Gasteiger partial charge in [-0.15, -0.1) is 0 Å². The third-order valence-electron chi connectivity index (χ3n) is 9.96. The van der Waals surface area contributed by atoms with E-state index in [0.717, 1.165) is 45.1 Å². The van der Waals surface area contributed by atoms with Crippen LogP contribution in [0.25, 0.3) is 0 Å². The van der Waals surface area contributed by atoms with Crippen molar-refractivity contribution in [2.45, 2.75) is 103 Å². The van der Waals surface area contributed by atoms with Crippen LogP contribution in [0.1, 0.15) is 85.5 Å². The molecular weight excluding hydrogens is 528 g/mol. The fourth-order valence-corrected chi connectivity index (χ4v) is 12.5. The molecule has 0 aromatic heterocycles. The van der Waals surface area contributed by atoms with Crippen LogP contribution in [-0.4, -0.2) is 46.5 Å². The Labute approximate surface area is 248 Å². The van der Waals surface area contributed by atoms with Crippen molar-refractivity contribution in [1.29, 1.82) is 0 Å². The maximum atomic E-state index is 12.8. The molecule has 3 aliphatic rings. The minimum Gasteiger partial charge on any atom is -0.465 e. The molecule has 3 fully saturated rings. The summed E-state index contributed by atoms with van der Waals surface area (Å²) < 4.78 is 26.2. The van der Waals surface area contributed by atoms with E-state index in [9.17, 15) is 4.79 Å². The fraction of sp³-hybridized carbons (Fsp3) is 0.629. The van der Waals surface area contributed by atoms with Crippen LogP contribution in [-0.2, 0) is 23.4 Å². The highest BCUT2D eigenvalue weighted by Gasteiger charge is 2.59. The molecule has 1 saturated carbocycles. The minimum atomic E-state index is -2.72. The van der Waals surface area contributed by atoms with Crippen molar-refractivity contribution in [3.8, 4) is 0 Å². The number of hydrogen-bond donors (Lipinski definition) is 0. The van der Waals surface area contributed by atoms with Crippen molar-refractivity contribution in [3.05, 3.63) is 60.7 Å². The summed E-state index contributed by atoms with van der Waals surface area (Å²) in [6, 6.07) is 21.7. The van der Waals surface area contributed by atoms with E-state index in [1.54, 1.807) is 0 Å². The lowest BCUT2D eigenvalue weighted by molar-refractivity contribution is -0.198. The normalized spacial score (nSPS) is 28.7. The summed E-state index contributed by atoms with van der Waals surface area (Å²) in [4.78, 5) is 12.8. The molecule has 0 N–H and O–H groups in total. The van der Waals surface area contributed by atoms with Crippen molar-refractivity contribution in [1.82, 2.24) is 0 Å². The van der Waals surface area contributed by atoms with Crippen LogP contribution < -0.4 is 10.4 Å². The predicted octanol–water partition coefficient (Wildman–Crippen LogP) is 6.62. The average Bonchev–Trinajstić information content (AvgIpc) is 3.26. The molecule has 2 heterocycles. The van der Waals surface area contributed by atoms with E-state index in [4.69, 9.17) is 18.6 Å². The van der Waals surface area contributed by atoms with Crippen molar-refractivity contribution in [2.24, 2.45) is 17.3 Å². The third kappa shape index (κ3) is 6.36. The van der Waals surface area contributed by atoms with Gasteiger partial charge in [-0.25, -0.2) is 0 Å². The van der Waals surface area contributed by atoms with Crippen LogP contribution in [0.2, 0.25) is 5.04 Å². The van der Waals surface area contributed by atoms with Gasteiger partial charge in [0.25, 0.3) is 8.32 Å². The van der Waals surface area contributed by atoms with Crippen molar-refractivity contribution in [3.63, 3.8) is 0 Å². The lowest BCUT2D eigenvalue weighted by Crippen LogP contribution is -2.67. The summed E-state index contributed by atoms with van der Waals surface area (Å²) in [6.45, 7) is 11.0. The van der Waals surface area contributed by atoms with Gasteiger partial charge in [-0.05, 0) is 52.9 Å². The Morgan fingerprint density at radius 3 is 2.24 bits per heavy atom. The summed E-state index contributed by atoms with van der Waals surface area (Å²) >= 11 is 0. The van der Waals surface area contributed by atoms with Crippen LogP contribution in [0.3, 0.4) is 0 Å². The van der Waals surface area contributed by atoms with Gasteiger partial charge >= 0.3 is 5.97 Å². The molecule has 2 aromatic carbocycles. The number of carbonyl (C=O) groups excluding carboxylic acids is 1. The Bertz CT molecular complexity index is 1070. The Kier molecular flexibility index (Phi) is 9.74.